The number of hydrogen-bond donors (Lipinski definition) is 2. The van der Waals surface area contributed by atoms with Crippen LogP contribution in [0.5, 0.6) is 0 Å². The van der Waals surface area contributed by atoms with E-state index in [-0.39, 0.29) is 5.60 Å². The first kappa shape index (κ1) is 19.4. The topological polar surface area (TPSA) is 63.5 Å². The summed E-state index contributed by atoms with van der Waals surface area (Å²) >= 11 is 0. The van der Waals surface area contributed by atoms with Crippen LogP contribution in [0.4, 0.5) is 0 Å². The molecule has 1 aromatic carbocycles. The van der Waals surface area contributed by atoms with E-state index < -0.39 is 0 Å². The molecule has 27 heavy (non-hydrogen) atoms. The van der Waals surface area contributed by atoms with Crippen molar-refractivity contribution in [1.29, 1.82) is 0 Å². The third-order valence-corrected chi connectivity index (χ3v) is 5.08. The van der Waals surface area contributed by atoms with Gasteiger partial charge in [0.25, 0.3) is 0 Å². The van der Waals surface area contributed by atoms with Crippen LogP contribution in [-0.2, 0) is 24.2 Å². The first-order chi connectivity index (χ1) is 13.2. The molecule has 0 bridgehead atoms. The van der Waals surface area contributed by atoms with E-state index in [0.29, 0.717) is 6.54 Å². The van der Waals surface area contributed by atoms with Crippen molar-refractivity contribution in [3.05, 3.63) is 54.1 Å². The van der Waals surface area contributed by atoms with Crippen LogP contribution in [-0.4, -0.2) is 41.3 Å². The molecular formula is C21H31N5O. The van der Waals surface area contributed by atoms with Crippen molar-refractivity contribution in [2.24, 2.45) is 4.99 Å². The number of imidazole rings is 1. The van der Waals surface area contributed by atoms with Gasteiger partial charge in [-0.2, -0.15) is 0 Å². The molecule has 3 rings (SSSR count). The lowest BCUT2D eigenvalue weighted by atomic mass is 10.0. The molecule has 0 saturated carbocycles. The van der Waals surface area contributed by atoms with Gasteiger partial charge in [-0.3, -0.25) is 4.99 Å². The highest BCUT2D eigenvalue weighted by Gasteiger charge is 2.29. The summed E-state index contributed by atoms with van der Waals surface area (Å²) in [6.07, 6.45) is 8.30. The van der Waals surface area contributed by atoms with E-state index in [0.717, 1.165) is 57.2 Å². The maximum atomic E-state index is 5.82. The molecule has 1 saturated heterocycles. The molecule has 2 aromatic rings. The van der Waals surface area contributed by atoms with E-state index in [1.165, 1.54) is 5.56 Å². The van der Waals surface area contributed by atoms with Crippen molar-refractivity contribution in [2.45, 2.75) is 51.3 Å². The number of ether oxygens (including phenoxy) is 1. The third kappa shape index (κ3) is 5.82. The van der Waals surface area contributed by atoms with E-state index in [4.69, 9.17) is 4.74 Å². The molecule has 1 atom stereocenters. The molecule has 2 heterocycles. The smallest absolute Gasteiger partial charge is 0.191 e. The van der Waals surface area contributed by atoms with E-state index in [1.807, 2.05) is 12.4 Å². The Bertz CT molecular complexity index is 719. The Balaban J connectivity index is 1.44. The summed E-state index contributed by atoms with van der Waals surface area (Å²) in [6.45, 7) is 5.38. The number of guanidine groups is 1. The van der Waals surface area contributed by atoms with Gasteiger partial charge in [-0.1, -0.05) is 30.3 Å². The fourth-order valence-corrected chi connectivity index (χ4v) is 3.44. The Kier molecular flexibility index (Phi) is 6.87. The highest BCUT2D eigenvalue weighted by Crippen LogP contribution is 2.23. The number of nitrogens with zero attached hydrogens (tertiary/aromatic N) is 3. The second kappa shape index (κ2) is 9.55. The number of nitrogens with one attached hydrogen (secondary N) is 2. The average molecular weight is 370 g/mol. The van der Waals surface area contributed by atoms with Gasteiger partial charge in [-0.15, -0.1) is 0 Å². The predicted molar refractivity (Wildman–Crippen MR) is 109 cm³/mol. The van der Waals surface area contributed by atoms with E-state index in [2.05, 4.69) is 62.4 Å². The number of rotatable bonds is 8. The highest BCUT2D eigenvalue weighted by molar-refractivity contribution is 5.79. The molecule has 6 heteroatoms. The van der Waals surface area contributed by atoms with E-state index in [9.17, 15) is 0 Å². The molecule has 1 aliphatic heterocycles. The minimum Gasteiger partial charge on any atom is -0.373 e. The molecule has 1 unspecified atom stereocenters. The van der Waals surface area contributed by atoms with Crippen LogP contribution in [0.15, 0.2) is 47.7 Å². The maximum absolute atomic E-state index is 5.82. The van der Waals surface area contributed by atoms with Crippen molar-refractivity contribution < 1.29 is 4.74 Å². The SMILES string of the molecule is CN=C(NCc1nccn1CCCc1ccccc1)NCC1(C)CCCO1. The first-order valence-corrected chi connectivity index (χ1v) is 9.81. The lowest BCUT2D eigenvalue weighted by Gasteiger charge is -2.24. The molecule has 0 amide bonds. The Morgan fingerprint density at radius 1 is 1.30 bits per heavy atom. The predicted octanol–water partition coefficient (Wildman–Crippen LogP) is 2.75. The second-order valence-corrected chi connectivity index (χ2v) is 7.31. The Hall–Kier alpha value is -2.34. The highest BCUT2D eigenvalue weighted by atomic mass is 16.5. The summed E-state index contributed by atoms with van der Waals surface area (Å²) in [5, 5.41) is 6.74. The summed E-state index contributed by atoms with van der Waals surface area (Å²) in [5.74, 6) is 1.81. The number of aliphatic imine (C=N–C) groups is 1. The second-order valence-electron chi connectivity index (χ2n) is 7.31. The quantitative estimate of drug-likeness (QED) is 0.555. The van der Waals surface area contributed by atoms with Crippen LogP contribution < -0.4 is 10.6 Å². The summed E-state index contributed by atoms with van der Waals surface area (Å²) in [6, 6.07) is 10.6. The van der Waals surface area contributed by atoms with Crippen molar-refractivity contribution in [3.8, 4) is 0 Å². The standard InChI is InChI=1S/C21H31N5O/c1-21(11-7-15-27-21)17-25-20(22-2)24-16-19-23-12-14-26(19)13-6-10-18-8-4-3-5-9-18/h3-5,8-9,12,14H,6-7,10-11,13,15-17H2,1-2H3,(H2,22,24,25). The maximum Gasteiger partial charge on any atom is 0.191 e. The Labute approximate surface area is 162 Å². The lowest BCUT2D eigenvalue weighted by molar-refractivity contribution is 0.0243. The zero-order chi connectivity index (χ0) is 19.0. The molecule has 0 radical (unpaired) electrons. The zero-order valence-electron chi connectivity index (χ0n) is 16.4. The summed E-state index contributed by atoms with van der Waals surface area (Å²) < 4.78 is 8.04. The van der Waals surface area contributed by atoms with Gasteiger partial charge in [0, 0.05) is 39.1 Å². The molecule has 1 aliphatic rings. The fourth-order valence-electron chi connectivity index (χ4n) is 3.44. The van der Waals surface area contributed by atoms with Crippen molar-refractivity contribution >= 4 is 5.96 Å². The molecule has 0 spiro atoms. The number of benzene rings is 1. The van der Waals surface area contributed by atoms with Crippen molar-refractivity contribution in [2.75, 3.05) is 20.2 Å². The van der Waals surface area contributed by atoms with Gasteiger partial charge in [0.2, 0.25) is 0 Å². The molecule has 1 fully saturated rings. The monoisotopic (exact) mass is 369 g/mol. The van der Waals surface area contributed by atoms with Crippen molar-refractivity contribution in [1.82, 2.24) is 20.2 Å². The van der Waals surface area contributed by atoms with Gasteiger partial charge in [0.05, 0.1) is 12.1 Å². The first-order valence-electron chi connectivity index (χ1n) is 9.81. The van der Waals surface area contributed by atoms with Crippen LogP contribution in [0.2, 0.25) is 0 Å². The molecular weight excluding hydrogens is 338 g/mol. The van der Waals surface area contributed by atoms with Crippen LogP contribution in [0.25, 0.3) is 0 Å². The lowest BCUT2D eigenvalue weighted by Crippen LogP contribution is -2.45. The van der Waals surface area contributed by atoms with Gasteiger partial charge >= 0.3 is 0 Å². The Morgan fingerprint density at radius 3 is 2.89 bits per heavy atom. The van der Waals surface area contributed by atoms with E-state index in [1.54, 1.807) is 7.05 Å². The molecule has 146 valence electrons. The minimum atomic E-state index is -0.0898. The fraction of sp³-hybridized carbons (Fsp3) is 0.524. The zero-order valence-corrected chi connectivity index (χ0v) is 16.4. The summed E-state index contributed by atoms with van der Waals surface area (Å²) in [7, 11) is 1.79. The van der Waals surface area contributed by atoms with Crippen LogP contribution in [0.1, 0.15) is 37.6 Å². The third-order valence-electron chi connectivity index (χ3n) is 5.08. The average Bonchev–Trinajstić information content (AvgIpc) is 3.32. The summed E-state index contributed by atoms with van der Waals surface area (Å²) in [5.41, 5.74) is 1.29. The van der Waals surface area contributed by atoms with Gasteiger partial charge < -0.3 is 19.9 Å². The normalized spacial score (nSPS) is 20.0. The molecule has 6 nitrogen and oxygen atoms in total. The minimum absolute atomic E-state index is 0.0898. The van der Waals surface area contributed by atoms with Crippen LogP contribution >= 0.6 is 0 Å². The van der Waals surface area contributed by atoms with Crippen molar-refractivity contribution in [3.63, 3.8) is 0 Å². The Morgan fingerprint density at radius 2 is 2.15 bits per heavy atom. The van der Waals surface area contributed by atoms with Crippen LogP contribution in [0.3, 0.4) is 0 Å². The van der Waals surface area contributed by atoms with Gasteiger partial charge in [0.1, 0.15) is 5.82 Å². The molecule has 1 aromatic heterocycles. The molecule has 0 aliphatic carbocycles. The van der Waals surface area contributed by atoms with Gasteiger partial charge in [-0.05, 0) is 38.2 Å². The molecule has 2 N–H and O–H groups in total. The summed E-state index contributed by atoms with van der Waals surface area (Å²) in [4.78, 5) is 8.81. The largest absolute Gasteiger partial charge is 0.373 e. The number of aromatic nitrogens is 2. The number of hydrogen-bond acceptors (Lipinski definition) is 3. The van der Waals surface area contributed by atoms with Gasteiger partial charge in [0.15, 0.2) is 5.96 Å². The van der Waals surface area contributed by atoms with Crippen LogP contribution in [0, 0.1) is 0 Å². The number of aryl methyl sites for hydroxylation is 2. The van der Waals surface area contributed by atoms with Gasteiger partial charge in [-0.25, -0.2) is 4.98 Å². The van der Waals surface area contributed by atoms with E-state index >= 15 is 0 Å².